The molecule has 0 aromatic rings. The minimum absolute atomic E-state index is 0.0249. The summed E-state index contributed by atoms with van der Waals surface area (Å²) in [6.07, 6.45) is 3.31. The fraction of sp³-hybridized carbons (Fsp3) is 0.929. The lowest BCUT2D eigenvalue weighted by molar-refractivity contribution is -0.0876. The molecule has 1 aliphatic heterocycles. The van der Waals surface area contributed by atoms with E-state index in [1.807, 2.05) is 4.90 Å². The number of carbonyl (C=O) groups excluding carboxylic acids is 1. The van der Waals surface area contributed by atoms with E-state index in [2.05, 4.69) is 19.2 Å². The normalized spacial score (nSPS) is 29.1. The molecule has 110 valence electrons. The van der Waals surface area contributed by atoms with Crippen LogP contribution in [0.5, 0.6) is 0 Å². The molecule has 19 heavy (non-hydrogen) atoms. The zero-order valence-corrected chi connectivity index (χ0v) is 12.3. The number of hydrogen-bond acceptors (Lipinski definition) is 3. The Hall–Kier alpha value is -0.810. The van der Waals surface area contributed by atoms with Crippen molar-refractivity contribution in [3.8, 4) is 0 Å². The molecule has 1 saturated heterocycles. The first-order valence-corrected chi connectivity index (χ1v) is 7.26. The Balaban J connectivity index is 1.87. The molecule has 2 atom stereocenters. The Bertz CT molecular complexity index is 320. The van der Waals surface area contributed by atoms with Crippen LogP contribution in [0.25, 0.3) is 0 Å². The zero-order valence-electron chi connectivity index (χ0n) is 12.3. The first-order chi connectivity index (χ1) is 9.08. The first-order valence-electron chi connectivity index (χ1n) is 7.26. The molecule has 1 N–H and O–H groups in total. The topological polar surface area (TPSA) is 50.8 Å². The SMILES string of the molecule is CC[C@@]1(C)CN(C(=O)N[C@H](COC)C2CC2)CCO1. The number of urea groups is 1. The van der Waals surface area contributed by atoms with Crippen LogP contribution in [0.15, 0.2) is 0 Å². The first kappa shape index (κ1) is 14.6. The smallest absolute Gasteiger partial charge is 0.317 e. The number of morpholine rings is 1. The molecule has 5 heteroatoms. The Labute approximate surface area is 115 Å². The molecule has 0 aromatic heterocycles. The van der Waals surface area contributed by atoms with Crippen LogP contribution < -0.4 is 5.32 Å². The van der Waals surface area contributed by atoms with Crippen molar-refractivity contribution in [2.75, 3.05) is 33.4 Å². The van der Waals surface area contributed by atoms with E-state index in [4.69, 9.17) is 9.47 Å². The fourth-order valence-electron chi connectivity index (χ4n) is 2.54. The number of hydrogen-bond donors (Lipinski definition) is 1. The molecular formula is C14H26N2O3. The average molecular weight is 270 g/mol. The molecule has 2 aliphatic rings. The molecule has 2 fully saturated rings. The molecule has 2 rings (SSSR count). The summed E-state index contributed by atoms with van der Waals surface area (Å²) in [7, 11) is 1.68. The monoisotopic (exact) mass is 270 g/mol. The number of nitrogens with one attached hydrogen (secondary N) is 1. The lowest BCUT2D eigenvalue weighted by Gasteiger charge is -2.40. The van der Waals surface area contributed by atoms with Gasteiger partial charge in [0.2, 0.25) is 0 Å². The summed E-state index contributed by atoms with van der Waals surface area (Å²) in [6, 6.07) is 0.185. The zero-order chi connectivity index (χ0) is 13.9. The molecule has 5 nitrogen and oxygen atoms in total. The van der Waals surface area contributed by atoms with Crippen molar-refractivity contribution < 1.29 is 14.3 Å². The highest BCUT2D eigenvalue weighted by molar-refractivity contribution is 5.74. The van der Waals surface area contributed by atoms with Gasteiger partial charge in [-0.3, -0.25) is 0 Å². The van der Waals surface area contributed by atoms with Gasteiger partial charge in [-0.2, -0.15) is 0 Å². The highest BCUT2D eigenvalue weighted by atomic mass is 16.5. The van der Waals surface area contributed by atoms with Gasteiger partial charge in [-0.05, 0) is 32.1 Å². The minimum Gasteiger partial charge on any atom is -0.383 e. The second kappa shape index (κ2) is 6.09. The van der Waals surface area contributed by atoms with Gasteiger partial charge in [0.05, 0.1) is 31.4 Å². The van der Waals surface area contributed by atoms with Gasteiger partial charge < -0.3 is 19.7 Å². The van der Waals surface area contributed by atoms with E-state index in [1.165, 1.54) is 12.8 Å². The van der Waals surface area contributed by atoms with Crippen molar-refractivity contribution in [2.24, 2.45) is 5.92 Å². The van der Waals surface area contributed by atoms with Gasteiger partial charge in [0.1, 0.15) is 0 Å². The van der Waals surface area contributed by atoms with Crippen molar-refractivity contribution in [3.05, 3.63) is 0 Å². The number of nitrogens with zero attached hydrogens (tertiary/aromatic N) is 1. The maximum absolute atomic E-state index is 12.3. The van der Waals surface area contributed by atoms with Gasteiger partial charge in [0.15, 0.2) is 0 Å². The van der Waals surface area contributed by atoms with E-state index in [9.17, 15) is 4.79 Å². The second-order valence-electron chi connectivity index (χ2n) is 5.92. The van der Waals surface area contributed by atoms with Crippen molar-refractivity contribution >= 4 is 6.03 Å². The van der Waals surface area contributed by atoms with Crippen LogP contribution in [0.1, 0.15) is 33.1 Å². The second-order valence-corrected chi connectivity index (χ2v) is 5.92. The highest BCUT2D eigenvalue weighted by Crippen LogP contribution is 2.33. The van der Waals surface area contributed by atoms with Crippen molar-refractivity contribution in [1.29, 1.82) is 0 Å². The van der Waals surface area contributed by atoms with E-state index in [-0.39, 0.29) is 17.7 Å². The largest absolute Gasteiger partial charge is 0.383 e. The van der Waals surface area contributed by atoms with Crippen LogP contribution in [0.2, 0.25) is 0 Å². The third kappa shape index (κ3) is 3.83. The summed E-state index contributed by atoms with van der Waals surface area (Å²) < 4.78 is 11.0. The molecular weight excluding hydrogens is 244 g/mol. The van der Waals surface area contributed by atoms with Crippen molar-refractivity contribution in [2.45, 2.75) is 44.8 Å². The molecule has 0 radical (unpaired) electrons. The minimum atomic E-state index is -0.202. The summed E-state index contributed by atoms with van der Waals surface area (Å²) in [6.45, 7) is 6.73. The van der Waals surface area contributed by atoms with Crippen LogP contribution in [-0.4, -0.2) is 56.0 Å². The van der Waals surface area contributed by atoms with Crippen molar-refractivity contribution in [1.82, 2.24) is 10.2 Å². The molecule has 1 saturated carbocycles. The molecule has 0 bridgehead atoms. The van der Waals surface area contributed by atoms with E-state index in [1.54, 1.807) is 7.11 Å². The van der Waals surface area contributed by atoms with Gasteiger partial charge in [-0.25, -0.2) is 4.79 Å². The van der Waals surface area contributed by atoms with E-state index < -0.39 is 0 Å². The molecule has 0 unspecified atom stereocenters. The number of ether oxygens (including phenoxy) is 2. The number of amides is 2. The summed E-state index contributed by atoms with van der Waals surface area (Å²) in [5.41, 5.74) is -0.202. The molecule has 2 amide bonds. The van der Waals surface area contributed by atoms with Gasteiger partial charge in [0, 0.05) is 13.7 Å². The summed E-state index contributed by atoms with van der Waals surface area (Å²) in [5.74, 6) is 0.600. The van der Waals surface area contributed by atoms with E-state index in [0.717, 1.165) is 6.42 Å². The Morgan fingerprint density at radius 3 is 2.89 bits per heavy atom. The maximum Gasteiger partial charge on any atom is 0.317 e. The summed E-state index contributed by atoms with van der Waals surface area (Å²) >= 11 is 0. The quantitative estimate of drug-likeness (QED) is 0.826. The number of rotatable bonds is 5. The summed E-state index contributed by atoms with van der Waals surface area (Å²) in [4.78, 5) is 14.2. The third-order valence-electron chi connectivity index (χ3n) is 4.22. The van der Waals surface area contributed by atoms with Crippen LogP contribution in [-0.2, 0) is 9.47 Å². The Morgan fingerprint density at radius 2 is 2.32 bits per heavy atom. The van der Waals surface area contributed by atoms with Crippen LogP contribution in [0.4, 0.5) is 4.79 Å². The predicted octanol–water partition coefficient (Wildman–Crippen LogP) is 1.62. The molecule has 1 aliphatic carbocycles. The average Bonchev–Trinajstić information content (AvgIpc) is 3.22. The standard InChI is InChI=1S/C14H26N2O3/c1-4-14(2)10-16(7-8-19-14)13(17)15-12(9-18-3)11-5-6-11/h11-12H,4-10H2,1-3H3,(H,15,17)/t12-,14+/m1/s1. The molecule has 0 aromatic carbocycles. The van der Waals surface area contributed by atoms with E-state index in [0.29, 0.717) is 32.2 Å². The van der Waals surface area contributed by atoms with Crippen LogP contribution in [0.3, 0.4) is 0 Å². The molecule has 1 heterocycles. The van der Waals surface area contributed by atoms with Crippen LogP contribution in [0, 0.1) is 5.92 Å². The maximum atomic E-state index is 12.3. The van der Waals surface area contributed by atoms with Gasteiger partial charge >= 0.3 is 6.03 Å². The Morgan fingerprint density at radius 1 is 1.58 bits per heavy atom. The molecule has 0 spiro atoms. The fourth-order valence-corrected chi connectivity index (χ4v) is 2.54. The van der Waals surface area contributed by atoms with Gasteiger partial charge in [-0.1, -0.05) is 6.92 Å². The number of carbonyl (C=O) groups is 1. The highest BCUT2D eigenvalue weighted by Gasteiger charge is 2.36. The summed E-state index contributed by atoms with van der Waals surface area (Å²) in [5, 5.41) is 3.12. The van der Waals surface area contributed by atoms with Crippen molar-refractivity contribution in [3.63, 3.8) is 0 Å². The van der Waals surface area contributed by atoms with Gasteiger partial charge in [0.25, 0.3) is 0 Å². The predicted molar refractivity (Wildman–Crippen MR) is 73.1 cm³/mol. The lowest BCUT2D eigenvalue weighted by atomic mass is 10.0. The van der Waals surface area contributed by atoms with Crippen LogP contribution >= 0.6 is 0 Å². The lowest BCUT2D eigenvalue weighted by Crippen LogP contribution is -2.56. The third-order valence-corrected chi connectivity index (χ3v) is 4.22. The Kier molecular flexibility index (Phi) is 4.68. The van der Waals surface area contributed by atoms with Gasteiger partial charge in [-0.15, -0.1) is 0 Å². The van der Waals surface area contributed by atoms with E-state index >= 15 is 0 Å². The number of methoxy groups -OCH3 is 1.